The van der Waals surface area contributed by atoms with Gasteiger partial charge in [-0.25, -0.2) is 4.21 Å². The minimum absolute atomic E-state index is 0.681. The van der Waals surface area contributed by atoms with Crippen LogP contribution in [0.4, 0.5) is 0 Å². The summed E-state index contributed by atoms with van der Waals surface area (Å²) in [7, 11) is 5.12. The van der Waals surface area contributed by atoms with Gasteiger partial charge in [0.25, 0.3) is 0 Å². The zero-order chi connectivity index (χ0) is 22.1. The van der Waals surface area contributed by atoms with Gasteiger partial charge in [0.2, 0.25) is 0 Å². The predicted octanol–water partition coefficient (Wildman–Crippen LogP) is 3.88. The Hall–Kier alpha value is -2.39. The van der Waals surface area contributed by atoms with Crippen LogP contribution in [0.1, 0.15) is 24.0 Å². The number of rotatable bonds is 3. The van der Waals surface area contributed by atoms with E-state index in [9.17, 15) is 0 Å². The molecule has 5 rings (SSSR count). The van der Waals surface area contributed by atoms with Crippen LogP contribution in [0.25, 0.3) is 21.5 Å². The van der Waals surface area contributed by atoms with E-state index in [-0.39, 0.29) is 0 Å². The standard InChI is InChI=1S/C23H25NO3.H2O3S/c1-25-15-6-7-16-17-9-14-5-4-8-24(14)13-21(17)20-12-23(27-3)22(26-2)11-19(20)18(16)10-15;1-4(2)3/h6-7,10-12,14H,4-5,8-9,13H2,1-3H3;(H2,1,2,3)/p-1/t14-;/m0./s1. The van der Waals surface area contributed by atoms with Crippen molar-refractivity contribution >= 4 is 32.9 Å². The average Bonchev–Trinajstić information content (AvgIpc) is 3.23. The van der Waals surface area contributed by atoms with Crippen molar-refractivity contribution in [1.82, 2.24) is 4.90 Å². The molecule has 0 aromatic heterocycles. The van der Waals surface area contributed by atoms with Gasteiger partial charge in [0.05, 0.1) is 32.7 Å². The molecule has 2 heterocycles. The molecule has 1 unspecified atom stereocenters. The summed E-state index contributed by atoms with van der Waals surface area (Å²) in [5, 5.41) is 5.05. The maximum Gasteiger partial charge on any atom is 0.161 e. The molecule has 3 aromatic carbocycles. The van der Waals surface area contributed by atoms with E-state index < -0.39 is 11.4 Å². The highest BCUT2D eigenvalue weighted by atomic mass is 32.2. The molecule has 0 radical (unpaired) electrons. The minimum atomic E-state index is -2.86. The lowest BCUT2D eigenvalue weighted by molar-refractivity contribution is 0.229. The van der Waals surface area contributed by atoms with Crippen LogP contribution in [0.5, 0.6) is 17.2 Å². The fourth-order valence-corrected chi connectivity index (χ4v) is 5.00. The van der Waals surface area contributed by atoms with Crippen molar-refractivity contribution < 1.29 is 27.5 Å². The molecule has 0 saturated carbocycles. The van der Waals surface area contributed by atoms with Gasteiger partial charge >= 0.3 is 0 Å². The van der Waals surface area contributed by atoms with Gasteiger partial charge in [0.1, 0.15) is 5.75 Å². The molecule has 0 aliphatic carbocycles. The molecule has 0 bridgehead atoms. The molecular weight excluding hydrogens is 418 g/mol. The van der Waals surface area contributed by atoms with Crippen LogP contribution in [0.2, 0.25) is 0 Å². The Bertz CT molecular complexity index is 1140. The molecule has 8 heteroatoms. The van der Waals surface area contributed by atoms with Crippen molar-refractivity contribution in [3.05, 3.63) is 41.5 Å². The summed E-state index contributed by atoms with van der Waals surface area (Å²) in [6.07, 6.45) is 3.74. The third-order valence-corrected chi connectivity index (χ3v) is 6.36. The summed E-state index contributed by atoms with van der Waals surface area (Å²) in [5.41, 5.74) is 2.94. The maximum absolute atomic E-state index is 8.56. The van der Waals surface area contributed by atoms with Crippen LogP contribution in [-0.2, 0) is 24.3 Å². The average molecular weight is 445 g/mol. The molecule has 2 atom stereocenters. The minimum Gasteiger partial charge on any atom is -0.750 e. The number of methoxy groups -OCH3 is 3. The summed E-state index contributed by atoms with van der Waals surface area (Å²) < 4.78 is 40.8. The molecule has 1 N–H and O–H groups in total. The van der Waals surface area contributed by atoms with Gasteiger partial charge < -0.3 is 23.3 Å². The van der Waals surface area contributed by atoms with E-state index >= 15 is 0 Å². The molecule has 2 aliphatic rings. The Balaban J connectivity index is 0.000000535. The lowest BCUT2D eigenvalue weighted by atomic mass is 9.85. The van der Waals surface area contributed by atoms with Crippen molar-refractivity contribution in [2.24, 2.45) is 0 Å². The van der Waals surface area contributed by atoms with Crippen molar-refractivity contribution in [3.63, 3.8) is 0 Å². The van der Waals surface area contributed by atoms with Crippen LogP contribution in [-0.4, -0.2) is 52.1 Å². The van der Waals surface area contributed by atoms with Gasteiger partial charge in [-0.15, -0.1) is 0 Å². The zero-order valence-corrected chi connectivity index (χ0v) is 18.7. The summed E-state index contributed by atoms with van der Waals surface area (Å²) in [6, 6.07) is 11.4. The Morgan fingerprint density at radius 3 is 2.26 bits per heavy atom. The second-order valence-electron chi connectivity index (χ2n) is 7.81. The number of hydrogen-bond donors (Lipinski definition) is 1. The smallest absolute Gasteiger partial charge is 0.161 e. The van der Waals surface area contributed by atoms with Gasteiger partial charge in [-0.1, -0.05) is 6.07 Å². The van der Waals surface area contributed by atoms with Crippen LogP contribution in [0.15, 0.2) is 30.3 Å². The lowest BCUT2D eigenvalue weighted by Crippen LogP contribution is -2.35. The molecule has 166 valence electrons. The van der Waals surface area contributed by atoms with E-state index in [2.05, 4.69) is 35.2 Å². The van der Waals surface area contributed by atoms with E-state index in [0.717, 1.165) is 30.2 Å². The molecule has 0 amide bonds. The molecule has 1 saturated heterocycles. The number of hydrogen-bond acceptors (Lipinski definition) is 6. The van der Waals surface area contributed by atoms with Crippen LogP contribution in [0, 0.1) is 0 Å². The zero-order valence-electron chi connectivity index (χ0n) is 17.8. The molecule has 7 nitrogen and oxygen atoms in total. The van der Waals surface area contributed by atoms with E-state index in [0.29, 0.717) is 6.04 Å². The molecule has 3 aromatic rings. The highest BCUT2D eigenvalue weighted by molar-refractivity contribution is 7.73. The second-order valence-corrected chi connectivity index (χ2v) is 8.24. The fraction of sp³-hybridized carbons (Fsp3) is 0.391. The van der Waals surface area contributed by atoms with Crippen LogP contribution < -0.4 is 14.2 Å². The Kier molecular flexibility index (Phi) is 6.34. The monoisotopic (exact) mass is 444 g/mol. The predicted molar refractivity (Wildman–Crippen MR) is 120 cm³/mol. The molecule has 0 spiro atoms. The van der Waals surface area contributed by atoms with Crippen LogP contribution >= 0.6 is 0 Å². The summed E-state index contributed by atoms with van der Waals surface area (Å²) in [5.74, 6) is 2.44. The third kappa shape index (κ3) is 4.08. The molecule has 31 heavy (non-hydrogen) atoms. The first-order chi connectivity index (χ1) is 15.0. The summed E-state index contributed by atoms with van der Waals surface area (Å²) in [4.78, 5) is 2.65. The number of ether oxygens (including phenoxy) is 3. The second kappa shape index (κ2) is 9.00. The number of fused-ring (bicyclic) bond motifs is 7. The molecular formula is C23H26NO6S-. The first kappa shape index (κ1) is 21.8. The van der Waals surface area contributed by atoms with E-state index in [4.69, 9.17) is 27.5 Å². The summed E-state index contributed by atoms with van der Waals surface area (Å²) >= 11 is -2.86. The van der Waals surface area contributed by atoms with Crippen LogP contribution in [0.3, 0.4) is 0 Å². The van der Waals surface area contributed by atoms with Crippen molar-refractivity contribution in [3.8, 4) is 17.2 Å². The Morgan fingerprint density at radius 1 is 0.968 bits per heavy atom. The van der Waals surface area contributed by atoms with E-state index in [1.807, 2.05) is 0 Å². The first-order valence-corrected chi connectivity index (χ1v) is 11.2. The fourth-order valence-electron chi connectivity index (χ4n) is 5.00. The molecule has 1 fully saturated rings. The topological polar surface area (TPSA) is 91.3 Å². The molecule has 2 aliphatic heterocycles. The number of benzene rings is 3. The highest BCUT2D eigenvalue weighted by Crippen LogP contribution is 2.44. The van der Waals surface area contributed by atoms with Gasteiger partial charge in [-0.2, -0.15) is 0 Å². The third-order valence-electron chi connectivity index (χ3n) is 6.36. The largest absolute Gasteiger partial charge is 0.750 e. The van der Waals surface area contributed by atoms with Crippen molar-refractivity contribution in [2.45, 2.75) is 31.8 Å². The first-order valence-electron chi connectivity index (χ1n) is 10.2. The van der Waals surface area contributed by atoms with E-state index in [1.54, 1.807) is 21.3 Å². The van der Waals surface area contributed by atoms with Crippen molar-refractivity contribution in [1.29, 1.82) is 0 Å². The Morgan fingerprint density at radius 2 is 1.61 bits per heavy atom. The Labute approximate surface area is 184 Å². The summed E-state index contributed by atoms with van der Waals surface area (Å²) in [6.45, 7) is 2.23. The SMILES string of the molecule is COc1ccc2c3c(c4cc(OC)c(OC)cc4c2c1)CN1CCC[C@H]1C3.O=S([O-])O. The lowest BCUT2D eigenvalue weighted by Gasteiger charge is -2.33. The van der Waals surface area contributed by atoms with E-state index in [1.165, 1.54) is 52.1 Å². The van der Waals surface area contributed by atoms with Gasteiger partial charge in [0.15, 0.2) is 11.5 Å². The maximum atomic E-state index is 8.56. The van der Waals surface area contributed by atoms with Gasteiger partial charge in [-0.3, -0.25) is 4.90 Å². The van der Waals surface area contributed by atoms with Gasteiger partial charge in [0, 0.05) is 12.6 Å². The quantitative estimate of drug-likeness (QED) is 0.484. The normalized spacial score (nSPS) is 18.7. The number of nitrogens with zero attached hydrogens (tertiary/aromatic N) is 1. The van der Waals surface area contributed by atoms with Gasteiger partial charge in [-0.05, 0) is 82.7 Å². The highest BCUT2D eigenvalue weighted by Gasteiger charge is 2.32. The van der Waals surface area contributed by atoms with Crippen molar-refractivity contribution in [2.75, 3.05) is 27.9 Å².